The van der Waals surface area contributed by atoms with E-state index in [1.807, 2.05) is 62.4 Å². The monoisotopic (exact) mass is 373 g/mol. The Morgan fingerprint density at radius 2 is 1.68 bits per heavy atom. The van der Waals surface area contributed by atoms with Gasteiger partial charge in [-0.15, -0.1) is 0 Å². The lowest BCUT2D eigenvalue weighted by Gasteiger charge is -2.37. The van der Waals surface area contributed by atoms with Gasteiger partial charge in [-0.1, -0.05) is 41.9 Å². The van der Waals surface area contributed by atoms with Crippen molar-refractivity contribution in [3.05, 3.63) is 54.7 Å². The minimum atomic E-state index is -0.958. The van der Waals surface area contributed by atoms with Crippen LogP contribution in [0.3, 0.4) is 0 Å². The van der Waals surface area contributed by atoms with Crippen molar-refractivity contribution >= 4 is 35.0 Å². The SMILES string of the molecule is CC(C)(O)C(C)(C)O[B]c1ccc(-c2ncc3oc4ccccc4c3n2)cc1. The van der Waals surface area contributed by atoms with E-state index < -0.39 is 11.2 Å². The van der Waals surface area contributed by atoms with Gasteiger partial charge in [0.25, 0.3) is 0 Å². The highest BCUT2D eigenvalue weighted by Crippen LogP contribution is 2.28. The van der Waals surface area contributed by atoms with E-state index >= 15 is 0 Å². The Labute approximate surface area is 164 Å². The number of hydrogen-bond acceptors (Lipinski definition) is 5. The van der Waals surface area contributed by atoms with Gasteiger partial charge in [0.15, 0.2) is 11.4 Å². The maximum atomic E-state index is 10.2. The van der Waals surface area contributed by atoms with Crippen molar-refractivity contribution in [1.82, 2.24) is 9.97 Å². The van der Waals surface area contributed by atoms with Gasteiger partial charge in [0.2, 0.25) is 0 Å². The number of nitrogens with zero attached hydrogens (tertiary/aromatic N) is 2. The molecule has 0 saturated carbocycles. The molecule has 0 bridgehead atoms. The molecule has 0 saturated heterocycles. The molecule has 5 nitrogen and oxygen atoms in total. The highest BCUT2D eigenvalue weighted by atomic mass is 16.5. The van der Waals surface area contributed by atoms with Crippen molar-refractivity contribution < 1.29 is 14.2 Å². The molecular weight excluding hydrogens is 351 g/mol. The lowest BCUT2D eigenvalue weighted by Crippen LogP contribution is -2.49. The Hall–Kier alpha value is -2.70. The Morgan fingerprint density at radius 3 is 2.39 bits per heavy atom. The third-order valence-electron chi connectivity index (χ3n) is 5.25. The molecule has 0 amide bonds. The van der Waals surface area contributed by atoms with Crippen LogP contribution in [0.4, 0.5) is 0 Å². The summed E-state index contributed by atoms with van der Waals surface area (Å²) in [4.78, 5) is 9.14. The summed E-state index contributed by atoms with van der Waals surface area (Å²) in [6.07, 6.45) is 1.71. The first kappa shape index (κ1) is 18.7. The quantitative estimate of drug-likeness (QED) is 0.538. The molecule has 1 N–H and O–H groups in total. The van der Waals surface area contributed by atoms with Gasteiger partial charge in [-0.05, 0) is 39.8 Å². The Balaban J connectivity index is 1.58. The van der Waals surface area contributed by atoms with Crippen LogP contribution in [-0.4, -0.2) is 33.8 Å². The highest BCUT2D eigenvalue weighted by molar-refractivity contribution is 6.47. The second-order valence-corrected chi connectivity index (χ2v) is 7.93. The molecule has 6 heteroatoms. The molecule has 141 valence electrons. The molecule has 0 fully saturated rings. The summed E-state index contributed by atoms with van der Waals surface area (Å²) >= 11 is 0. The van der Waals surface area contributed by atoms with Crippen LogP contribution < -0.4 is 5.46 Å². The lowest BCUT2D eigenvalue weighted by molar-refractivity contribution is -0.0893. The van der Waals surface area contributed by atoms with E-state index in [-0.39, 0.29) is 0 Å². The molecule has 28 heavy (non-hydrogen) atoms. The summed E-state index contributed by atoms with van der Waals surface area (Å²) in [5, 5.41) is 11.2. The summed E-state index contributed by atoms with van der Waals surface area (Å²) in [6.45, 7) is 7.18. The Morgan fingerprint density at radius 1 is 0.964 bits per heavy atom. The second kappa shape index (κ2) is 6.72. The van der Waals surface area contributed by atoms with E-state index in [2.05, 4.69) is 4.98 Å². The first-order chi connectivity index (χ1) is 13.2. The van der Waals surface area contributed by atoms with Crippen LogP contribution in [0.15, 0.2) is 59.1 Å². The van der Waals surface area contributed by atoms with Crippen LogP contribution in [0.25, 0.3) is 33.5 Å². The number of benzene rings is 2. The largest absolute Gasteiger partial charge is 0.453 e. The number of hydrogen-bond donors (Lipinski definition) is 1. The van der Waals surface area contributed by atoms with Gasteiger partial charge in [0, 0.05) is 10.9 Å². The standard InChI is InChI=1S/C22H22BN2O3/c1-21(2,26)22(3,4)28-23-15-11-9-14(10-12-15)20-24-13-18-19(25-20)16-7-5-6-8-17(16)27-18/h5-13,26H,1-4H3. The van der Waals surface area contributed by atoms with Crippen LogP contribution in [0.1, 0.15) is 27.7 Å². The number of aliphatic hydroxyl groups is 1. The smallest absolute Gasteiger partial charge is 0.330 e. The summed E-state index contributed by atoms with van der Waals surface area (Å²) < 4.78 is 11.6. The fraction of sp³-hybridized carbons (Fsp3) is 0.273. The summed E-state index contributed by atoms with van der Waals surface area (Å²) in [7, 11) is 1.66. The summed E-state index contributed by atoms with van der Waals surface area (Å²) in [5.74, 6) is 0.642. The average Bonchev–Trinajstić information content (AvgIpc) is 3.04. The fourth-order valence-corrected chi connectivity index (χ4v) is 2.72. The van der Waals surface area contributed by atoms with E-state index in [9.17, 15) is 5.11 Å². The molecular formula is C22H22BN2O3. The molecule has 1 radical (unpaired) electrons. The number of furan rings is 1. The van der Waals surface area contributed by atoms with Crippen molar-refractivity contribution in [3.8, 4) is 11.4 Å². The molecule has 0 aliphatic heterocycles. The first-order valence-corrected chi connectivity index (χ1v) is 9.23. The van der Waals surface area contributed by atoms with E-state index in [0.29, 0.717) is 11.4 Å². The topological polar surface area (TPSA) is 68.4 Å². The second-order valence-electron chi connectivity index (χ2n) is 7.93. The third-order valence-corrected chi connectivity index (χ3v) is 5.25. The molecule has 2 aromatic carbocycles. The number of rotatable bonds is 5. The third kappa shape index (κ3) is 3.41. The number of aromatic nitrogens is 2. The molecule has 0 aliphatic carbocycles. The minimum absolute atomic E-state index is 0.642. The van der Waals surface area contributed by atoms with Gasteiger partial charge in [0.05, 0.1) is 17.4 Å². The molecule has 0 unspecified atom stereocenters. The van der Waals surface area contributed by atoms with Gasteiger partial charge in [-0.3, -0.25) is 0 Å². The average molecular weight is 373 g/mol. The number of para-hydroxylation sites is 1. The summed E-state index contributed by atoms with van der Waals surface area (Å²) in [5.41, 5.74) is 2.44. The van der Waals surface area contributed by atoms with E-state index in [0.717, 1.165) is 27.5 Å². The van der Waals surface area contributed by atoms with Crippen molar-refractivity contribution in [1.29, 1.82) is 0 Å². The predicted molar refractivity (Wildman–Crippen MR) is 112 cm³/mol. The number of fused-ring (bicyclic) bond motifs is 3. The molecule has 2 heterocycles. The predicted octanol–water partition coefficient (Wildman–Crippen LogP) is 3.85. The van der Waals surface area contributed by atoms with Gasteiger partial charge < -0.3 is 14.2 Å². The molecule has 0 atom stereocenters. The lowest BCUT2D eigenvalue weighted by atomic mass is 9.82. The van der Waals surface area contributed by atoms with Crippen molar-refractivity contribution in [3.63, 3.8) is 0 Å². The van der Waals surface area contributed by atoms with Gasteiger partial charge in [-0.2, -0.15) is 0 Å². The molecule has 2 aromatic heterocycles. The van der Waals surface area contributed by atoms with E-state index in [1.165, 1.54) is 0 Å². The minimum Gasteiger partial charge on any atom is -0.453 e. The Kier molecular flexibility index (Phi) is 4.48. The summed E-state index contributed by atoms with van der Waals surface area (Å²) in [6, 6.07) is 15.6. The van der Waals surface area contributed by atoms with E-state index in [4.69, 9.17) is 14.1 Å². The van der Waals surface area contributed by atoms with Crippen LogP contribution >= 0.6 is 0 Å². The zero-order valence-electron chi connectivity index (χ0n) is 16.4. The zero-order valence-corrected chi connectivity index (χ0v) is 16.4. The zero-order chi connectivity index (χ0) is 19.9. The van der Waals surface area contributed by atoms with Gasteiger partial charge in [0.1, 0.15) is 11.1 Å². The maximum absolute atomic E-state index is 10.2. The van der Waals surface area contributed by atoms with Crippen LogP contribution in [0.2, 0.25) is 0 Å². The Bertz CT molecular complexity index is 1130. The van der Waals surface area contributed by atoms with Crippen molar-refractivity contribution in [2.24, 2.45) is 0 Å². The fourth-order valence-electron chi connectivity index (χ4n) is 2.72. The molecule has 0 spiro atoms. The molecule has 4 rings (SSSR count). The first-order valence-electron chi connectivity index (χ1n) is 9.23. The van der Waals surface area contributed by atoms with Crippen molar-refractivity contribution in [2.45, 2.75) is 38.9 Å². The van der Waals surface area contributed by atoms with Crippen LogP contribution in [0.5, 0.6) is 0 Å². The van der Waals surface area contributed by atoms with Crippen LogP contribution in [0, 0.1) is 0 Å². The normalized spacial score (nSPS) is 12.6. The highest BCUT2D eigenvalue weighted by Gasteiger charge is 2.35. The van der Waals surface area contributed by atoms with Gasteiger partial charge in [-0.25, -0.2) is 9.97 Å². The van der Waals surface area contributed by atoms with Gasteiger partial charge >= 0.3 is 7.48 Å². The maximum Gasteiger partial charge on any atom is 0.330 e. The van der Waals surface area contributed by atoms with Crippen LogP contribution in [-0.2, 0) is 4.65 Å². The van der Waals surface area contributed by atoms with Crippen molar-refractivity contribution in [2.75, 3.05) is 0 Å². The molecule has 4 aromatic rings. The molecule has 0 aliphatic rings. The van der Waals surface area contributed by atoms with E-state index in [1.54, 1.807) is 27.5 Å².